The van der Waals surface area contributed by atoms with Crippen LogP contribution >= 0.6 is 0 Å². The van der Waals surface area contributed by atoms with E-state index in [2.05, 4.69) is 15.5 Å². The van der Waals surface area contributed by atoms with Gasteiger partial charge in [-0.25, -0.2) is 4.68 Å². The first-order valence-corrected chi connectivity index (χ1v) is 5.21. The lowest BCUT2D eigenvalue weighted by Gasteiger charge is -2.06. The monoisotopic (exact) mass is 236 g/mol. The standard InChI is InChI=1S/C10H12N4O3/c1-7(10(15)16)4-5-14-9(11-12-13-14)8-3-2-6-17-8/h2-3,6-7H,4-5H2,1H3,(H,15,16). The molecule has 0 aliphatic carbocycles. The minimum absolute atomic E-state index is 0.427. The van der Waals surface area contributed by atoms with Crippen LogP contribution in [0, 0.1) is 5.92 Å². The smallest absolute Gasteiger partial charge is 0.306 e. The summed E-state index contributed by atoms with van der Waals surface area (Å²) >= 11 is 0. The third-order valence-electron chi connectivity index (χ3n) is 2.47. The predicted molar refractivity (Wildman–Crippen MR) is 56.9 cm³/mol. The summed E-state index contributed by atoms with van der Waals surface area (Å²) < 4.78 is 6.73. The van der Waals surface area contributed by atoms with Crippen LogP contribution in [0.1, 0.15) is 13.3 Å². The van der Waals surface area contributed by atoms with Crippen LogP contribution in [0.5, 0.6) is 0 Å². The van der Waals surface area contributed by atoms with Gasteiger partial charge in [-0.3, -0.25) is 4.79 Å². The van der Waals surface area contributed by atoms with Crippen LogP contribution in [-0.2, 0) is 11.3 Å². The molecule has 7 heteroatoms. The Morgan fingerprint density at radius 1 is 1.65 bits per heavy atom. The van der Waals surface area contributed by atoms with Gasteiger partial charge in [0.1, 0.15) is 0 Å². The second-order valence-electron chi connectivity index (χ2n) is 3.73. The number of aryl methyl sites for hydroxylation is 1. The zero-order chi connectivity index (χ0) is 12.3. The summed E-state index contributed by atoms with van der Waals surface area (Å²) in [5.74, 6) is -0.174. The largest absolute Gasteiger partial charge is 0.481 e. The van der Waals surface area contributed by atoms with E-state index in [4.69, 9.17) is 9.52 Å². The molecule has 7 nitrogen and oxygen atoms in total. The van der Waals surface area contributed by atoms with E-state index < -0.39 is 11.9 Å². The van der Waals surface area contributed by atoms with Crippen molar-refractivity contribution >= 4 is 5.97 Å². The van der Waals surface area contributed by atoms with E-state index in [1.807, 2.05) is 0 Å². The summed E-state index contributed by atoms with van der Waals surface area (Å²) in [6.45, 7) is 2.09. The van der Waals surface area contributed by atoms with Gasteiger partial charge >= 0.3 is 5.97 Å². The average molecular weight is 236 g/mol. The van der Waals surface area contributed by atoms with Crippen LogP contribution in [0.25, 0.3) is 11.6 Å². The Morgan fingerprint density at radius 2 is 2.47 bits per heavy atom. The van der Waals surface area contributed by atoms with Crippen molar-refractivity contribution in [2.75, 3.05) is 0 Å². The Kier molecular flexibility index (Phi) is 3.17. The Balaban J connectivity index is 2.08. The fourth-order valence-electron chi connectivity index (χ4n) is 1.38. The molecule has 0 aliphatic rings. The lowest BCUT2D eigenvalue weighted by Crippen LogP contribution is -2.13. The Labute approximate surface area is 97.0 Å². The Bertz CT molecular complexity index is 491. The van der Waals surface area contributed by atoms with Crippen molar-refractivity contribution in [3.63, 3.8) is 0 Å². The minimum atomic E-state index is -0.822. The number of aromatic nitrogens is 4. The van der Waals surface area contributed by atoms with Crippen molar-refractivity contribution in [3.8, 4) is 11.6 Å². The van der Waals surface area contributed by atoms with Gasteiger partial charge in [-0.2, -0.15) is 0 Å². The molecule has 2 aromatic heterocycles. The maximum absolute atomic E-state index is 10.7. The van der Waals surface area contributed by atoms with Crippen molar-refractivity contribution in [1.29, 1.82) is 0 Å². The molecule has 0 amide bonds. The molecule has 0 aliphatic heterocycles. The third-order valence-corrected chi connectivity index (χ3v) is 2.47. The molecule has 90 valence electrons. The number of carbonyl (C=O) groups is 1. The van der Waals surface area contributed by atoms with Gasteiger partial charge in [-0.1, -0.05) is 6.92 Å². The van der Waals surface area contributed by atoms with Crippen molar-refractivity contribution in [3.05, 3.63) is 18.4 Å². The number of aliphatic carboxylic acids is 1. The summed E-state index contributed by atoms with van der Waals surface area (Å²) in [4.78, 5) is 10.7. The average Bonchev–Trinajstić information content (AvgIpc) is 2.95. The van der Waals surface area contributed by atoms with Gasteiger partial charge in [-0.05, 0) is 29.0 Å². The number of nitrogens with zero attached hydrogens (tertiary/aromatic N) is 4. The highest BCUT2D eigenvalue weighted by molar-refractivity contribution is 5.69. The molecule has 1 atom stereocenters. The molecule has 0 bridgehead atoms. The summed E-state index contributed by atoms with van der Waals surface area (Å²) in [7, 11) is 0. The lowest BCUT2D eigenvalue weighted by molar-refractivity contribution is -0.141. The van der Waals surface area contributed by atoms with Gasteiger partial charge in [0.25, 0.3) is 0 Å². The number of carboxylic acid groups (broad SMARTS) is 1. The summed E-state index contributed by atoms with van der Waals surface area (Å²) in [6, 6.07) is 3.50. The fraction of sp³-hybridized carbons (Fsp3) is 0.400. The van der Waals surface area contributed by atoms with Crippen LogP contribution < -0.4 is 0 Å². The highest BCUT2D eigenvalue weighted by Gasteiger charge is 2.15. The second kappa shape index (κ2) is 4.77. The molecule has 0 aromatic carbocycles. The first kappa shape index (κ1) is 11.3. The molecule has 0 saturated heterocycles. The van der Waals surface area contributed by atoms with E-state index in [1.165, 1.54) is 10.9 Å². The molecule has 2 heterocycles. The quantitative estimate of drug-likeness (QED) is 0.833. The predicted octanol–water partition coefficient (Wildman–Crippen LogP) is 1.04. The first-order valence-electron chi connectivity index (χ1n) is 5.21. The van der Waals surface area contributed by atoms with Gasteiger partial charge in [0.15, 0.2) is 5.76 Å². The van der Waals surface area contributed by atoms with E-state index >= 15 is 0 Å². The second-order valence-corrected chi connectivity index (χ2v) is 3.73. The molecular weight excluding hydrogens is 224 g/mol. The molecule has 17 heavy (non-hydrogen) atoms. The molecule has 2 rings (SSSR count). The van der Waals surface area contributed by atoms with Gasteiger partial charge in [0, 0.05) is 6.54 Å². The molecule has 1 N–H and O–H groups in total. The Hall–Kier alpha value is -2.18. The van der Waals surface area contributed by atoms with Crippen LogP contribution in [0.4, 0.5) is 0 Å². The molecule has 0 saturated carbocycles. The van der Waals surface area contributed by atoms with Crippen molar-refractivity contribution in [2.24, 2.45) is 5.92 Å². The number of rotatable bonds is 5. The fourth-order valence-corrected chi connectivity index (χ4v) is 1.38. The number of hydrogen-bond donors (Lipinski definition) is 1. The molecular formula is C10H12N4O3. The molecule has 1 unspecified atom stereocenters. The van der Waals surface area contributed by atoms with Gasteiger partial charge in [0.2, 0.25) is 5.82 Å². The first-order chi connectivity index (χ1) is 8.18. The number of carboxylic acids is 1. The highest BCUT2D eigenvalue weighted by atomic mass is 16.4. The maximum Gasteiger partial charge on any atom is 0.306 e. The zero-order valence-electron chi connectivity index (χ0n) is 9.28. The molecule has 0 fully saturated rings. The van der Waals surface area contributed by atoms with E-state index in [1.54, 1.807) is 19.1 Å². The zero-order valence-corrected chi connectivity index (χ0v) is 9.28. The molecule has 0 spiro atoms. The summed E-state index contributed by atoms with van der Waals surface area (Å²) in [6.07, 6.45) is 2.00. The summed E-state index contributed by atoms with van der Waals surface area (Å²) in [5, 5.41) is 20.0. The normalized spacial score (nSPS) is 12.5. The van der Waals surface area contributed by atoms with E-state index in [0.717, 1.165) is 0 Å². The van der Waals surface area contributed by atoms with Gasteiger partial charge < -0.3 is 9.52 Å². The Morgan fingerprint density at radius 3 is 3.12 bits per heavy atom. The lowest BCUT2D eigenvalue weighted by atomic mass is 10.1. The molecule has 0 radical (unpaired) electrons. The topological polar surface area (TPSA) is 94.0 Å². The number of furan rings is 1. The number of tetrazole rings is 1. The van der Waals surface area contributed by atoms with Crippen LogP contribution in [0.15, 0.2) is 22.8 Å². The van der Waals surface area contributed by atoms with Crippen molar-refractivity contribution < 1.29 is 14.3 Å². The van der Waals surface area contributed by atoms with E-state index in [0.29, 0.717) is 24.6 Å². The highest BCUT2D eigenvalue weighted by Crippen LogP contribution is 2.16. The van der Waals surface area contributed by atoms with E-state index in [9.17, 15) is 4.79 Å². The van der Waals surface area contributed by atoms with E-state index in [-0.39, 0.29) is 0 Å². The van der Waals surface area contributed by atoms with Crippen molar-refractivity contribution in [2.45, 2.75) is 19.9 Å². The SMILES string of the molecule is CC(CCn1nnnc1-c1ccco1)C(=O)O. The van der Waals surface area contributed by atoms with Crippen molar-refractivity contribution in [1.82, 2.24) is 20.2 Å². The third kappa shape index (κ3) is 2.49. The van der Waals surface area contributed by atoms with Gasteiger partial charge in [0.05, 0.1) is 12.2 Å². The van der Waals surface area contributed by atoms with Crippen LogP contribution in [0.2, 0.25) is 0 Å². The minimum Gasteiger partial charge on any atom is -0.481 e. The summed E-state index contributed by atoms with van der Waals surface area (Å²) in [5.41, 5.74) is 0. The molecule has 2 aromatic rings. The maximum atomic E-state index is 10.7. The van der Waals surface area contributed by atoms with Crippen LogP contribution in [-0.4, -0.2) is 31.3 Å². The number of hydrogen-bond acceptors (Lipinski definition) is 5. The van der Waals surface area contributed by atoms with Gasteiger partial charge in [-0.15, -0.1) is 5.10 Å². The van der Waals surface area contributed by atoms with Crippen LogP contribution in [0.3, 0.4) is 0 Å².